The molecule has 188 valence electrons. The van der Waals surface area contributed by atoms with Crippen LogP contribution in [0.4, 0.5) is 13.2 Å². The molecule has 1 saturated carbocycles. The van der Waals surface area contributed by atoms with Crippen molar-refractivity contribution in [2.24, 2.45) is 5.92 Å². The van der Waals surface area contributed by atoms with E-state index in [2.05, 4.69) is 5.32 Å². The van der Waals surface area contributed by atoms with Crippen LogP contribution in [0.25, 0.3) is 0 Å². The fourth-order valence-electron chi connectivity index (χ4n) is 4.43. The molecule has 34 heavy (non-hydrogen) atoms. The summed E-state index contributed by atoms with van der Waals surface area (Å²) in [4.78, 5) is 26.5. The molecule has 1 aromatic carbocycles. The number of benzene rings is 1. The van der Waals surface area contributed by atoms with Gasteiger partial charge in [-0.25, -0.2) is 0 Å². The Kier molecular flexibility index (Phi) is 9.21. The fourth-order valence-corrected chi connectivity index (χ4v) is 4.94. The summed E-state index contributed by atoms with van der Waals surface area (Å²) < 4.78 is 47.2. The Morgan fingerprint density at radius 3 is 2.50 bits per heavy atom. The fraction of sp³-hybridized carbons (Fsp3) is 0.565. The van der Waals surface area contributed by atoms with Gasteiger partial charge in [0.05, 0.1) is 16.2 Å². The highest BCUT2D eigenvalue weighted by Gasteiger charge is 2.46. The number of nitrogens with one attached hydrogen (secondary N) is 1. The number of aliphatic hydroxyl groups is 2. The van der Waals surface area contributed by atoms with Crippen molar-refractivity contribution < 1.29 is 37.7 Å². The average molecular weight is 596 g/mol. The summed E-state index contributed by atoms with van der Waals surface area (Å²) in [6.45, 7) is -1.88. The number of nitrogens with zero attached hydrogens (tertiary/aromatic N) is 1. The van der Waals surface area contributed by atoms with Gasteiger partial charge in [0, 0.05) is 24.5 Å². The molecule has 2 amide bonds. The molecule has 2 aliphatic rings. The van der Waals surface area contributed by atoms with Crippen LogP contribution in [0.3, 0.4) is 0 Å². The molecule has 0 aromatic heterocycles. The molecule has 1 aromatic rings. The van der Waals surface area contributed by atoms with Gasteiger partial charge >= 0.3 is 6.18 Å². The molecule has 3 N–H and O–H groups in total. The quantitative estimate of drug-likeness (QED) is 0.402. The van der Waals surface area contributed by atoms with Crippen LogP contribution in [0.15, 0.2) is 35.9 Å². The second kappa shape index (κ2) is 11.7. The third-order valence-corrected chi connectivity index (χ3v) is 6.94. The molecule has 0 bridgehead atoms. The van der Waals surface area contributed by atoms with Crippen LogP contribution in [-0.2, 0) is 9.59 Å². The number of rotatable bonds is 8. The minimum Gasteiger partial charge on any atom is -0.482 e. The molecule has 1 fully saturated rings. The zero-order chi connectivity index (χ0) is 24.9. The van der Waals surface area contributed by atoms with Gasteiger partial charge in [-0.05, 0) is 53.6 Å². The monoisotopic (exact) mass is 596 g/mol. The van der Waals surface area contributed by atoms with Crippen molar-refractivity contribution in [1.82, 2.24) is 10.2 Å². The van der Waals surface area contributed by atoms with Gasteiger partial charge in [0.2, 0.25) is 11.8 Å². The van der Waals surface area contributed by atoms with Gasteiger partial charge in [0.1, 0.15) is 24.5 Å². The minimum absolute atomic E-state index is 0.0429. The first kappa shape index (κ1) is 26.7. The molecular weight excluding hydrogens is 568 g/mol. The van der Waals surface area contributed by atoms with E-state index in [-0.39, 0.29) is 25.1 Å². The Morgan fingerprint density at radius 1 is 1.21 bits per heavy atom. The van der Waals surface area contributed by atoms with E-state index in [0.717, 1.165) is 12.8 Å². The molecule has 3 atom stereocenters. The summed E-state index contributed by atoms with van der Waals surface area (Å²) in [5.74, 6) is -1.41. The number of carbonyl (C=O) groups is 2. The van der Waals surface area contributed by atoms with Crippen molar-refractivity contribution in [3.63, 3.8) is 0 Å². The number of halogens is 4. The molecule has 0 saturated heterocycles. The standard InChI is InChI=1S/C23H28F3IN2O5/c24-23(25,26)13-29(22(33)14-5-1-2-6-14)17-11-15(21(32)28-9-10-30)12-19(20(17)31)34-18-8-4-3-7-16(18)27/h3-4,7-8,12,14,17,19-20,30-31H,1-2,5-6,9-11,13H2,(H,28,32)/t17-,19+,20+/m1/s1. The maximum Gasteiger partial charge on any atom is 0.406 e. The molecule has 2 aliphatic carbocycles. The predicted octanol–water partition coefficient (Wildman–Crippen LogP) is 2.79. The summed E-state index contributed by atoms with van der Waals surface area (Å²) in [6.07, 6.45) is -3.70. The Bertz CT molecular complexity index is 905. The first-order chi connectivity index (χ1) is 16.1. The summed E-state index contributed by atoms with van der Waals surface area (Å²) >= 11 is 2.03. The van der Waals surface area contributed by atoms with Crippen molar-refractivity contribution in [1.29, 1.82) is 0 Å². The third-order valence-electron chi connectivity index (χ3n) is 6.05. The average Bonchev–Trinajstić information content (AvgIpc) is 3.32. The topological polar surface area (TPSA) is 99.1 Å². The van der Waals surface area contributed by atoms with E-state index in [1.54, 1.807) is 24.3 Å². The molecule has 0 aliphatic heterocycles. The smallest absolute Gasteiger partial charge is 0.406 e. The maximum absolute atomic E-state index is 13.5. The number of ether oxygens (including phenoxy) is 1. The van der Waals surface area contributed by atoms with Gasteiger partial charge in [0.15, 0.2) is 0 Å². The van der Waals surface area contributed by atoms with Crippen molar-refractivity contribution in [3.05, 3.63) is 39.5 Å². The van der Waals surface area contributed by atoms with E-state index < -0.39 is 48.7 Å². The Labute approximate surface area is 209 Å². The lowest BCUT2D eigenvalue weighted by atomic mass is 9.87. The lowest BCUT2D eigenvalue weighted by Crippen LogP contribution is -2.58. The molecular formula is C23H28F3IN2O5. The molecule has 0 heterocycles. The number of hydrogen-bond acceptors (Lipinski definition) is 5. The highest BCUT2D eigenvalue weighted by molar-refractivity contribution is 14.1. The highest BCUT2D eigenvalue weighted by Crippen LogP contribution is 2.34. The van der Waals surface area contributed by atoms with Crippen LogP contribution in [0.5, 0.6) is 5.75 Å². The first-order valence-corrected chi connectivity index (χ1v) is 12.2. The zero-order valence-corrected chi connectivity index (χ0v) is 20.6. The highest BCUT2D eigenvalue weighted by atomic mass is 127. The van der Waals surface area contributed by atoms with E-state index in [9.17, 15) is 27.9 Å². The van der Waals surface area contributed by atoms with Gasteiger partial charge in [-0.3, -0.25) is 9.59 Å². The Balaban J connectivity index is 1.95. The first-order valence-electron chi connectivity index (χ1n) is 11.2. The normalized spacial score (nSPS) is 23.4. The van der Waals surface area contributed by atoms with E-state index in [0.29, 0.717) is 27.1 Å². The Morgan fingerprint density at radius 2 is 1.88 bits per heavy atom. The summed E-state index contributed by atoms with van der Waals surface area (Å²) in [5.41, 5.74) is 0.0890. The lowest BCUT2D eigenvalue weighted by molar-refractivity contribution is -0.175. The zero-order valence-electron chi connectivity index (χ0n) is 18.4. The van der Waals surface area contributed by atoms with Crippen LogP contribution in [0, 0.1) is 9.49 Å². The van der Waals surface area contributed by atoms with Crippen molar-refractivity contribution in [2.45, 2.75) is 56.5 Å². The van der Waals surface area contributed by atoms with E-state index >= 15 is 0 Å². The van der Waals surface area contributed by atoms with Crippen molar-refractivity contribution in [3.8, 4) is 5.75 Å². The van der Waals surface area contributed by atoms with Crippen LogP contribution < -0.4 is 10.1 Å². The van der Waals surface area contributed by atoms with E-state index in [1.807, 2.05) is 22.6 Å². The van der Waals surface area contributed by atoms with Crippen molar-refractivity contribution >= 4 is 34.4 Å². The minimum atomic E-state index is -4.68. The number of para-hydroxylation sites is 1. The van der Waals surface area contributed by atoms with Gasteiger partial charge in [-0.15, -0.1) is 0 Å². The van der Waals surface area contributed by atoms with Gasteiger partial charge in [0.25, 0.3) is 0 Å². The molecule has 0 spiro atoms. The molecule has 7 nitrogen and oxygen atoms in total. The number of hydrogen-bond donors (Lipinski definition) is 3. The lowest BCUT2D eigenvalue weighted by Gasteiger charge is -2.41. The third kappa shape index (κ3) is 6.85. The number of aliphatic hydroxyl groups excluding tert-OH is 2. The van der Waals surface area contributed by atoms with E-state index in [4.69, 9.17) is 9.84 Å². The van der Waals surface area contributed by atoms with Crippen LogP contribution in [-0.4, -0.2) is 71.0 Å². The SMILES string of the molecule is O=C(NCCO)C1=C[C@H](Oc2ccccc2I)[C@@H](O)[C@H](N(CC(F)(F)F)C(=O)C2CCCC2)C1. The molecule has 0 radical (unpaired) electrons. The maximum atomic E-state index is 13.5. The molecule has 3 rings (SSSR count). The number of alkyl halides is 3. The number of amides is 2. The number of carbonyl (C=O) groups excluding carboxylic acids is 2. The van der Waals surface area contributed by atoms with E-state index in [1.165, 1.54) is 6.08 Å². The largest absolute Gasteiger partial charge is 0.482 e. The van der Waals surface area contributed by atoms with Gasteiger partial charge in [-0.1, -0.05) is 25.0 Å². The summed E-state index contributed by atoms with van der Waals surface area (Å²) in [7, 11) is 0. The Hall–Kier alpha value is -1.86. The van der Waals surface area contributed by atoms with Crippen LogP contribution in [0.2, 0.25) is 0 Å². The van der Waals surface area contributed by atoms with Crippen molar-refractivity contribution in [2.75, 3.05) is 19.7 Å². The van der Waals surface area contributed by atoms with Gasteiger partial charge in [-0.2, -0.15) is 13.2 Å². The van der Waals surface area contributed by atoms with Crippen LogP contribution in [0.1, 0.15) is 32.1 Å². The second-order valence-electron chi connectivity index (χ2n) is 8.51. The summed E-state index contributed by atoms with van der Waals surface area (Å²) in [6, 6.07) is 5.60. The van der Waals surface area contributed by atoms with Gasteiger partial charge < -0.3 is 25.2 Å². The predicted molar refractivity (Wildman–Crippen MR) is 126 cm³/mol. The van der Waals surface area contributed by atoms with Crippen LogP contribution >= 0.6 is 22.6 Å². The second-order valence-corrected chi connectivity index (χ2v) is 9.67. The molecule has 11 heteroatoms. The molecule has 0 unspecified atom stereocenters. The summed E-state index contributed by atoms with van der Waals surface area (Å²) in [5, 5.41) is 22.6.